The molecule has 20 heavy (non-hydrogen) atoms. The third-order valence-corrected chi connectivity index (χ3v) is 4.83. The fourth-order valence-electron chi connectivity index (χ4n) is 3.10. The summed E-state index contributed by atoms with van der Waals surface area (Å²) in [5.74, 6) is 0.561. The van der Waals surface area contributed by atoms with Gasteiger partial charge in [-0.2, -0.15) is 0 Å². The second-order valence-corrected chi connectivity index (χ2v) is 6.12. The van der Waals surface area contributed by atoms with Gasteiger partial charge < -0.3 is 0 Å². The molecule has 1 aliphatic rings. The van der Waals surface area contributed by atoms with Gasteiger partial charge >= 0.3 is 5.69 Å². The predicted molar refractivity (Wildman–Crippen MR) is 81.6 cm³/mol. The zero-order valence-corrected chi connectivity index (χ0v) is 13.0. The van der Waals surface area contributed by atoms with Crippen LogP contribution in [0.5, 0.6) is 0 Å². The summed E-state index contributed by atoms with van der Waals surface area (Å²) >= 11 is 6.12. The van der Waals surface area contributed by atoms with Crippen molar-refractivity contribution in [2.45, 2.75) is 64.8 Å². The highest BCUT2D eigenvalue weighted by Crippen LogP contribution is 2.34. The van der Waals surface area contributed by atoms with Gasteiger partial charge in [0.25, 0.3) is 5.56 Å². The van der Waals surface area contributed by atoms with Crippen LogP contribution in [0.25, 0.3) is 0 Å². The monoisotopic (exact) mass is 298 g/mol. The molecule has 1 heterocycles. The number of halogens is 1. The van der Waals surface area contributed by atoms with Crippen molar-refractivity contribution in [1.29, 1.82) is 0 Å². The molecular formula is C15H23ClN2O2. The normalized spacial score (nSPS) is 16.2. The SMILES string of the molecule is CCC(CC)Cn1c(=O)[nH]c(Cl)c(C2CCCC2)c1=O. The van der Waals surface area contributed by atoms with Crippen molar-refractivity contribution in [3.63, 3.8) is 0 Å². The molecule has 1 aromatic rings. The van der Waals surface area contributed by atoms with Crippen molar-refractivity contribution in [2.24, 2.45) is 5.92 Å². The second kappa shape index (κ2) is 6.61. The summed E-state index contributed by atoms with van der Waals surface area (Å²) in [6.45, 7) is 4.65. The Bertz CT molecular complexity index is 566. The number of aromatic nitrogens is 2. The van der Waals surface area contributed by atoms with Crippen molar-refractivity contribution in [3.8, 4) is 0 Å². The van der Waals surface area contributed by atoms with E-state index in [1.54, 1.807) is 0 Å². The van der Waals surface area contributed by atoms with E-state index in [-0.39, 0.29) is 22.3 Å². The average molecular weight is 299 g/mol. The van der Waals surface area contributed by atoms with Crippen molar-refractivity contribution in [3.05, 3.63) is 31.6 Å². The van der Waals surface area contributed by atoms with E-state index in [0.717, 1.165) is 38.5 Å². The van der Waals surface area contributed by atoms with Gasteiger partial charge in [0.1, 0.15) is 5.15 Å². The van der Waals surface area contributed by atoms with E-state index in [1.807, 2.05) is 0 Å². The first-order valence-electron chi connectivity index (χ1n) is 7.60. The first kappa shape index (κ1) is 15.4. The minimum absolute atomic E-state index is 0.183. The van der Waals surface area contributed by atoms with Crippen LogP contribution in [-0.2, 0) is 6.54 Å². The van der Waals surface area contributed by atoms with Gasteiger partial charge in [0, 0.05) is 6.54 Å². The molecule has 0 saturated heterocycles. The molecule has 0 aromatic carbocycles. The number of aromatic amines is 1. The smallest absolute Gasteiger partial charge is 0.297 e. The third kappa shape index (κ3) is 3.00. The van der Waals surface area contributed by atoms with Crippen LogP contribution in [0.2, 0.25) is 5.15 Å². The molecule has 5 heteroatoms. The van der Waals surface area contributed by atoms with Crippen LogP contribution >= 0.6 is 11.6 Å². The van der Waals surface area contributed by atoms with Gasteiger partial charge in [0.05, 0.1) is 5.56 Å². The van der Waals surface area contributed by atoms with E-state index in [1.165, 1.54) is 4.57 Å². The average Bonchev–Trinajstić information content (AvgIpc) is 2.92. The van der Waals surface area contributed by atoms with Crippen LogP contribution in [0.4, 0.5) is 0 Å². The van der Waals surface area contributed by atoms with Crippen molar-refractivity contribution < 1.29 is 0 Å². The number of rotatable bonds is 5. The minimum atomic E-state index is -0.381. The van der Waals surface area contributed by atoms with E-state index < -0.39 is 0 Å². The first-order valence-corrected chi connectivity index (χ1v) is 7.98. The lowest BCUT2D eigenvalue weighted by Crippen LogP contribution is -2.39. The lowest BCUT2D eigenvalue weighted by Gasteiger charge is -2.17. The summed E-state index contributed by atoms with van der Waals surface area (Å²) in [6, 6.07) is 0. The lowest BCUT2D eigenvalue weighted by molar-refractivity contribution is 0.399. The van der Waals surface area contributed by atoms with E-state index in [4.69, 9.17) is 11.6 Å². The molecule has 0 aliphatic heterocycles. The standard InChI is InChI=1S/C15H23ClN2O2/c1-3-10(4-2)9-18-14(19)12(11-7-5-6-8-11)13(16)17-15(18)20/h10-11H,3-9H2,1-2H3,(H,17,20). The van der Waals surface area contributed by atoms with E-state index in [0.29, 0.717) is 18.0 Å². The maximum Gasteiger partial charge on any atom is 0.329 e. The molecule has 112 valence electrons. The maximum atomic E-state index is 12.6. The molecule has 1 aromatic heterocycles. The third-order valence-electron chi connectivity index (χ3n) is 4.53. The molecule has 1 saturated carbocycles. The Hall–Kier alpha value is -1.03. The molecular weight excluding hydrogens is 276 g/mol. The Morgan fingerprint density at radius 2 is 1.85 bits per heavy atom. The summed E-state index contributed by atoms with van der Waals surface area (Å²) in [5, 5.41) is 0.243. The zero-order chi connectivity index (χ0) is 14.7. The van der Waals surface area contributed by atoms with Crippen molar-refractivity contribution >= 4 is 11.6 Å². The van der Waals surface area contributed by atoms with Crippen LogP contribution in [0.1, 0.15) is 63.9 Å². The quantitative estimate of drug-likeness (QED) is 0.848. The Kier molecular flexibility index (Phi) is 5.08. The Balaban J connectivity index is 2.44. The Morgan fingerprint density at radius 3 is 2.40 bits per heavy atom. The van der Waals surface area contributed by atoms with Gasteiger partial charge in [-0.15, -0.1) is 0 Å². The number of nitrogens with one attached hydrogen (secondary N) is 1. The topological polar surface area (TPSA) is 54.9 Å². The number of hydrogen-bond donors (Lipinski definition) is 1. The summed E-state index contributed by atoms with van der Waals surface area (Å²) in [7, 11) is 0. The van der Waals surface area contributed by atoms with Crippen LogP contribution in [-0.4, -0.2) is 9.55 Å². The second-order valence-electron chi connectivity index (χ2n) is 5.74. The predicted octanol–water partition coefficient (Wildman–Crippen LogP) is 3.28. The largest absolute Gasteiger partial charge is 0.329 e. The van der Waals surface area contributed by atoms with E-state index in [9.17, 15) is 9.59 Å². The van der Waals surface area contributed by atoms with Crippen LogP contribution in [0.3, 0.4) is 0 Å². The molecule has 0 bridgehead atoms. The molecule has 1 fully saturated rings. The highest BCUT2D eigenvalue weighted by atomic mass is 35.5. The van der Waals surface area contributed by atoms with Crippen LogP contribution in [0, 0.1) is 5.92 Å². The number of hydrogen-bond acceptors (Lipinski definition) is 2. The van der Waals surface area contributed by atoms with Gasteiger partial charge in [-0.25, -0.2) is 4.79 Å². The van der Waals surface area contributed by atoms with Gasteiger partial charge in [0.15, 0.2) is 0 Å². The lowest BCUT2D eigenvalue weighted by atomic mass is 10.00. The zero-order valence-electron chi connectivity index (χ0n) is 12.2. The van der Waals surface area contributed by atoms with Gasteiger partial charge in [-0.05, 0) is 24.7 Å². The van der Waals surface area contributed by atoms with Crippen molar-refractivity contribution in [1.82, 2.24) is 9.55 Å². The fourth-order valence-corrected chi connectivity index (χ4v) is 3.42. The number of nitrogens with zero attached hydrogens (tertiary/aromatic N) is 1. The van der Waals surface area contributed by atoms with E-state index in [2.05, 4.69) is 18.8 Å². The molecule has 0 atom stereocenters. The van der Waals surface area contributed by atoms with Crippen LogP contribution < -0.4 is 11.2 Å². The van der Waals surface area contributed by atoms with Gasteiger partial charge in [-0.3, -0.25) is 14.3 Å². The highest BCUT2D eigenvalue weighted by molar-refractivity contribution is 6.30. The molecule has 0 spiro atoms. The van der Waals surface area contributed by atoms with Crippen LogP contribution in [0.15, 0.2) is 9.59 Å². The summed E-state index contributed by atoms with van der Waals surface area (Å²) < 4.78 is 1.34. The van der Waals surface area contributed by atoms with Crippen molar-refractivity contribution in [2.75, 3.05) is 0 Å². The highest BCUT2D eigenvalue weighted by Gasteiger charge is 2.25. The molecule has 1 aliphatic carbocycles. The molecule has 1 N–H and O–H groups in total. The summed E-state index contributed by atoms with van der Waals surface area (Å²) in [4.78, 5) is 27.3. The molecule has 0 unspecified atom stereocenters. The fraction of sp³-hybridized carbons (Fsp3) is 0.733. The van der Waals surface area contributed by atoms with Gasteiger partial charge in [-0.1, -0.05) is 51.1 Å². The first-order chi connectivity index (χ1) is 9.58. The maximum absolute atomic E-state index is 12.6. The molecule has 0 amide bonds. The molecule has 0 radical (unpaired) electrons. The van der Waals surface area contributed by atoms with E-state index >= 15 is 0 Å². The summed E-state index contributed by atoms with van der Waals surface area (Å²) in [5.41, 5.74) is 0.0564. The molecule has 2 rings (SSSR count). The Labute approximate surface area is 124 Å². The minimum Gasteiger partial charge on any atom is -0.297 e. The molecule has 4 nitrogen and oxygen atoms in total. The number of H-pyrrole nitrogens is 1. The van der Waals surface area contributed by atoms with Gasteiger partial charge in [0.2, 0.25) is 0 Å². The summed E-state index contributed by atoms with van der Waals surface area (Å²) in [6.07, 6.45) is 6.17. The Morgan fingerprint density at radius 1 is 1.25 bits per heavy atom.